The number of thiazole rings is 1. The molecule has 3 nitrogen and oxygen atoms in total. The Morgan fingerprint density at radius 1 is 1.60 bits per heavy atom. The van der Waals surface area contributed by atoms with Gasteiger partial charge in [-0.1, -0.05) is 27.3 Å². The molecule has 1 heterocycles. The first kappa shape index (κ1) is 10.8. The summed E-state index contributed by atoms with van der Waals surface area (Å²) in [4.78, 5) is 4.37. The zero-order chi connectivity index (χ0) is 11.0. The van der Waals surface area contributed by atoms with Gasteiger partial charge in [-0.25, -0.2) is 4.98 Å². The zero-order valence-corrected chi connectivity index (χ0v) is 11.1. The summed E-state index contributed by atoms with van der Waals surface area (Å²) in [6.45, 7) is 2.03. The van der Waals surface area contributed by atoms with Gasteiger partial charge in [0.1, 0.15) is 0 Å². The monoisotopic (exact) mass is 301 g/mol. The third-order valence-electron chi connectivity index (χ3n) is 1.90. The van der Waals surface area contributed by atoms with E-state index >= 15 is 0 Å². The zero-order valence-electron chi connectivity index (χ0n) is 7.87. The minimum absolute atomic E-state index is 0.241. The molecule has 0 atom stereocenters. The normalized spacial score (nSPS) is 10.5. The van der Waals surface area contributed by atoms with E-state index in [-0.39, 0.29) is 5.11 Å². The van der Waals surface area contributed by atoms with Crippen LogP contribution in [0.5, 0.6) is 0 Å². The summed E-state index contributed by atoms with van der Waals surface area (Å²) in [6.07, 6.45) is 0. The van der Waals surface area contributed by atoms with Crippen LogP contribution in [-0.2, 0) is 0 Å². The van der Waals surface area contributed by atoms with Crippen LogP contribution in [0.25, 0.3) is 10.2 Å². The van der Waals surface area contributed by atoms with Gasteiger partial charge in [-0.3, -0.25) is 0 Å². The largest absolute Gasteiger partial charge is 0.376 e. The van der Waals surface area contributed by atoms with Crippen LogP contribution in [0, 0.1) is 6.92 Å². The molecule has 0 aliphatic rings. The molecule has 0 saturated heterocycles. The van der Waals surface area contributed by atoms with Gasteiger partial charge in [0.2, 0.25) is 0 Å². The minimum atomic E-state index is 0.241. The van der Waals surface area contributed by atoms with Crippen molar-refractivity contribution in [2.24, 2.45) is 5.73 Å². The van der Waals surface area contributed by atoms with E-state index in [1.165, 1.54) is 11.3 Å². The summed E-state index contributed by atoms with van der Waals surface area (Å²) in [5.41, 5.74) is 7.50. The number of aromatic nitrogens is 1. The van der Waals surface area contributed by atoms with Crippen LogP contribution in [0.3, 0.4) is 0 Å². The molecular weight excluding hydrogens is 294 g/mol. The summed E-state index contributed by atoms with van der Waals surface area (Å²) < 4.78 is 2.19. The van der Waals surface area contributed by atoms with Crippen LogP contribution >= 0.6 is 39.5 Å². The number of thiocarbonyl (C=S) groups is 1. The average molecular weight is 302 g/mol. The van der Waals surface area contributed by atoms with Gasteiger partial charge < -0.3 is 11.1 Å². The van der Waals surface area contributed by atoms with E-state index in [1.54, 1.807) is 0 Å². The van der Waals surface area contributed by atoms with Crippen molar-refractivity contribution in [3.63, 3.8) is 0 Å². The predicted octanol–water partition coefficient (Wildman–Crippen LogP) is 3.02. The van der Waals surface area contributed by atoms with E-state index in [1.807, 2.05) is 19.1 Å². The summed E-state index contributed by atoms with van der Waals surface area (Å²) >= 11 is 9.77. The van der Waals surface area contributed by atoms with Crippen molar-refractivity contribution in [2.45, 2.75) is 6.92 Å². The standard InChI is InChI=1S/C9H8BrN3S2/c1-4-2-6-7(3-5(4)10)15-9(12-6)13-8(11)14/h2-3H,1H3,(H3,11,12,13,14). The molecule has 78 valence electrons. The number of benzene rings is 1. The van der Waals surface area contributed by atoms with Gasteiger partial charge in [-0.2, -0.15) is 0 Å². The van der Waals surface area contributed by atoms with Crippen molar-refractivity contribution in [1.82, 2.24) is 4.98 Å². The Morgan fingerprint density at radius 3 is 3.00 bits per heavy atom. The lowest BCUT2D eigenvalue weighted by Gasteiger charge is -1.95. The van der Waals surface area contributed by atoms with Crippen molar-refractivity contribution < 1.29 is 0 Å². The summed E-state index contributed by atoms with van der Waals surface area (Å²) in [7, 11) is 0. The highest BCUT2D eigenvalue weighted by Crippen LogP contribution is 2.30. The highest BCUT2D eigenvalue weighted by atomic mass is 79.9. The summed E-state index contributed by atoms with van der Waals surface area (Å²) in [5, 5.41) is 3.81. The molecule has 0 spiro atoms. The Hall–Kier alpha value is -0.720. The Labute approximate surface area is 105 Å². The number of hydrogen-bond acceptors (Lipinski definition) is 3. The summed E-state index contributed by atoms with van der Waals surface area (Å²) in [6, 6.07) is 4.08. The van der Waals surface area contributed by atoms with Crippen LogP contribution in [0.4, 0.5) is 5.13 Å². The molecule has 1 aromatic carbocycles. The van der Waals surface area contributed by atoms with Crippen molar-refractivity contribution in [3.05, 3.63) is 22.2 Å². The number of nitrogens with zero attached hydrogens (tertiary/aromatic N) is 1. The van der Waals surface area contributed by atoms with E-state index < -0.39 is 0 Å². The molecular formula is C9H8BrN3S2. The molecule has 6 heteroatoms. The van der Waals surface area contributed by atoms with Crippen molar-refractivity contribution >= 4 is 59.9 Å². The fourth-order valence-corrected chi connectivity index (χ4v) is 2.77. The second-order valence-corrected chi connectivity index (χ2v) is 5.40. The Kier molecular flexibility index (Phi) is 2.90. The number of anilines is 1. The lowest BCUT2D eigenvalue weighted by atomic mass is 10.2. The van der Waals surface area contributed by atoms with E-state index in [4.69, 9.17) is 18.0 Å². The van der Waals surface area contributed by atoms with Crippen LogP contribution in [0.15, 0.2) is 16.6 Å². The van der Waals surface area contributed by atoms with E-state index in [0.717, 1.165) is 25.4 Å². The molecule has 0 bridgehead atoms. The molecule has 15 heavy (non-hydrogen) atoms. The smallest absolute Gasteiger partial charge is 0.190 e. The van der Waals surface area contributed by atoms with Gasteiger partial charge in [0, 0.05) is 4.47 Å². The molecule has 0 amide bonds. The Balaban J connectivity index is 2.51. The first-order chi connectivity index (χ1) is 7.06. The highest BCUT2D eigenvalue weighted by Gasteiger charge is 2.06. The molecule has 2 aromatic rings. The maximum absolute atomic E-state index is 5.38. The molecule has 2 rings (SSSR count). The number of rotatable bonds is 1. The quantitative estimate of drug-likeness (QED) is 0.795. The van der Waals surface area contributed by atoms with Crippen molar-refractivity contribution in [3.8, 4) is 0 Å². The Bertz CT molecular complexity index is 496. The van der Waals surface area contributed by atoms with Crippen molar-refractivity contribution in [1.29, 1.82) is 0 Å². The van der Waals surface area contributed by atoms with E-state index in [2.05, 4.69) is 26.2 Å². The molecule has 0 aliphatic heterocycles. The third-order valence-corrected chi connectivity index (χ3v) is 3.79. The van der Waals surface area contributed by atoms with Crippen LogP contribution in [0.2, 0.25) is 0 Å². The maximum atomic E-state index is 5.38. The molecule has 0 radical (unpaired) electrons. The highest BCUT2D eigenvalue weighted by molar-refractivity contribution is 9.10. The molecule has 0 aliphatic carbocycles. The fraction of sp³-hybridized carbons (Fsp3) is 0.111. The van der Waals surface area contributed by atoms with Gasteiger partial charge in [0.25, 0.3) is 0 Å². The topological polar surface area (TPSA) is 50.9 Å². The number of halogens is 1. The van der Waals surface area contributed by atoms with E-state index in [0.29, 0.717) is 0 Å². The number of aryl methyl sites for hydroxylation is 1. The van der Waals surface area contributed by atoms with Gasteiger partial charge >= 0.3 is 0 Å². The summed E-state index contributed by atoms with van der Waals surface area (Å²) in [5.74, 6) is 0. The molecule has 0 fully saturated rings. The molecule has 0 saturated carbocycles. The van der Waals surface area contributed by atoms with Gasteiger partial charge in [0.05, 0.1) is 10.2 Å². The molecule has 0 unspecified atom stereocenters. The van der Waals surface area contributed by atoms with Crippen LogP contribution in [-0.4, -0.2) is 10.1 Å². The second-order valence-electron chi connectivity index (χ2n) is 3.08. The number of nitrogens with two attached hydrogens (primary N) is 1. The molecule has 3 N–H and O–H groups in total. The van der Waals surface area contributed by atoms with Crippen molar-refractivity contribution in [2.75, 3.05) is 5.32 Å². The van der Waals surface area contributed by atoms with Crippen LogP contribution < -0.4 is 11.1 Å². The predicted molar refractivity (Wildman–Crippen MR) is 72.5 cm³/mol. The van der Waals surface area contributed by atoms with Crippen LogP contribution in [0.1, 0.15) is 5.56 Å². The minimum Gasteiger partial charge on any atom is -0.376 e. The average Bonchev–Trinajstić information content (AvgIpc) is 2.46. The third kappa shape index (κ3) is 2.27. The first-order valence-corrected chi connectivity index (χ1v) is 6.21. The van der Waals surface area contributed by atoms with Gasteiger partial charge in [-0.15, -0.1) is 0 Å². The number of nitrogens with one attached hydrogen (secondary N) is 1. The fourth-order valence-electron chi connectivity index (χ4n) is 1.21. The maximum Gasteiger partial charge on any atom is 0.190 e. The lowest BCUT2D eigenvalue weighted by molar-refractivity contribution is 1.42. The number of fused-ring (bicyclic) bond motifs is 1. The van der Waals surface area contributed by atoms with Gasteiger partial charge in [-0.05, 0) is 36.8 Å². The first-order valence-electron chi connectivity index (χ1n) is 4.19. The molecule has 1 aromatic heterocycles. The second kappa shape index (κ2) is 4.03. The van der Waals surface area contributed by atoms with E-state index in [9.17, 15) is 0 Å². The van der Waals surface area contributed by atoms with Gasteiger partial charge in [0.15, 0.2) is 10.2 Å². The number of hydrogen-bond donors (Lipinski definition) is 2. The lowest BCUT2D eigenvalue weighted by Crippen LogP contribution is -2.18. The SMILES string of the molecule is Cc1cc2nc(NC(N)=S)sc2cc1Br. The Morgan fingerprint density at radius 2 is 2.33 bits per heavy atom.